The Bertz CT molecular complexity index is 1590. The van der Waals surface area contributed by atoms with Gasteiger partial charge in [0, 0.05) is 28.3 Å². The zero-order valence-electron chi connectivity index (χ0n) is 22.4. The van der Waals surface area contributed by atoms with Gasteiger partial charge >= 0.3 is 12.3 Å². The van der Waals surface area contributed by atoms with Crippen molar-refractivity contribution in [3.05, 3.63) is 113 Å². The molecule has 41 heavy (non-hydrogen) atoms. The van der Waals surface area contributed by atoms with Gasteiger partial charge in [0.2, 0.25) is 0 Å². The van der Waals surface area contributed by atoms with E-state index in [-0.39, 0.29) is 22.7 Å². The van der Waals surface area contributed by atoms with Crippen LogP contribution in [0, 0.1) is 5.41 Å². The molecule has 4 aromatic rings. The lowest BCUT2D eigenvalue weighted by Crippen LogP contribution is -2.27. The molecule has 0 spiro atoms. The number of ketones is 1. The third-order valence-electron chi connectivity index (χ3n) is 6.09. The van der Waals surface area contributed by atoms with E-state index in [2.05, 4.69) is 10.4 Å². The predicted molar refractivity (Wildman–Crippen MR) is 146 cm³/mol. The first-order valence-corrected chi connectivity index (χ1v) is 12.5. The van der Waals surface area contributed by atoms with Gasteiger partial charge in [-0.15, -0.1) is 0 Å². The van der Waals surface area contributed by atoms with E-state index in [1.807, 2.05) is 0 Å². The Kier molecular flexibility index (Phi) is 8.00. The largest absolute Gasteiger partial charge is 0.441 e. The lowest BCUT2D eigenvalue weighted by atomic mass is 9.84. The van der Waals surface area contributed by atoms with E-state index in [0.29, 0.717) is 17.2 Å². The van der Waals surface area contributed by atoms with Gasteiger partial charge in [-0.1, -0.05) is 75.4 Å². The molecule has 0 radical (unpaired) electrons. The van der Waals surface area contributed by atoms with Gasteiger partial charge in [0.05, 0.1) is 5.69 Å². The first-order chi connectivity index (χ1) is 19.2. The van der Waals surface area contributed by atoms with E-state index < -0.39 is 41.1 Å². The molecule has 0 saturated heterocycles. The number of carbonyl (C=O) groups excluding carboxylic acids is 3. The van der Waals surface area contributed by atoms with Crippen molar-refractivity contribution in [3.63, 3.8) is 0 Å². The fraction of sp³-hybridized carbons (Fsp3) is 0.200. The Hall–Kier alpha value is -4.93. The van der Waals surface area contributed by atoms with Crippen LogP contribution in [-0.4, -0.2) is 27.6 Å². The summed E-state index contributed by atoms with van der Waals surface area (Å²) < 4.78 is 47.2. The summed E-state index contributed by atoms with van der Waals surface area (Å²) in [6.07, 6.45) is -6.68. The summed E-state index contributed by atoms with van der Waals surface area (Å²) in [6, 6.07) is 21.4. The van der Waals surface area contributed by atoms with Crippen LogP contribution in [0.1, 0.15) is 64.5 Å². The number of hydrogen-bond donors (Lipinski definition) is 2. The van der Waals surface area contributed by atoms with E-state index in [0.717, 1.165) is 4.68 Å². The second-order valence-corrected chi connectivity index (χ2v) is 10.3. The highest BCUT2D eigenvalue weighted by Crippen LogP contribution is 2.37. The topological polar surface area (TPSA) is 116 Å². The molecule has 3 N–H and O–H groups in total. The number of hydrogen-bond acceptors (Lipinski definition) is 5. The van der Waals surface area contributed by atoms with Crippen LogP contribution < -0.4 is 11.1 Å². The lowest BCUT2D eigenvalue weighted by Gasteiger charge is -2.30. The van der Waals surface area contributed by atoms with Crippen molar-refractivity contribution in [3.8, 4) is 5.69 Å². The van der Waals surface area contributed by atoms with Crippen molar-refractivity contribution in [1.82, 2.24) is 9.78 Å². The van der Waals surface area contributed by atoms with Crippen LogP contribution in [0.2, 0.25) is 0 Å². The Morgan fingerprint density at radius 1 is 0.878 bits per heavy atom. The highest BCUT2D eigenvalue weighted by molar-refractivity contribution is 6.10. The molecule has 2 amide bonds. The monoisotopic (exact) mass is 564 g/mol. The molecule has 0 fully saturated rings. The number of halogens is 3. The summed E-state index contributed by atoms with van der Waals surface area (Å²) in [4.78, 5) is 37.7. The smallest absolute Gasteiger partial charge is 0.435 e. The lowest BCUT2D eigenvalue weighted by molar-refractivity contribution is -0.141. The molecule has 11 heteroatoms. The Morgan fingerprint density at radius 2 is 1.54 bits per heavy atom. The maximum atomic E-state index is 13.7. The van der Waals surface area contributed by atoms with Crippen molar-refractivity contribution < 1.29 is 32.3 Å². The minimum atomic E-state index is -4.83. The molecule has 4 rings (SSSR count). The van der Waals surface area contributed by atoms with Crippen molar-refractivity contribution in [2.45, 2.75) is 33.1 Å². The van der Waals surface area contributed by atoms with Gasteiger partial charge in [-0.25, -0.2) is 9.48 Å². The van der Waals surface area contributed by atoms with Crippen molar-refractivity contribution in [1.29, 1.82) is 0 Å². The molecule has 1 atom stereocenters. The van der Waals surface area contributed by atoms with E-state index in [4.69, 9.17) is 10.5 Å². The number of nitrogens with zero attached hydrogens (tertiary/aromatic N) is 2. The number of carbonyl (C=O) groups is 3. The zero-order chi connectivity index (χ0) is 29.9. The summed E-state index contributed by atoms with van der Waals surface area (Å²) in [5.41, 5.74) is 4.45. The van der Waals surface area contributed by atoms with Crippen molar-refractivity contribution in [2.75, 3.05) is 5.32 Å². The number of aromatic nitrogens is 2. The first-order valence-electron chi connectivity index (χ1n) is 12.5. The molecule has 0 aliphatic carbocycles. The van der Waals surface area contributed by atoms with Crippen LogP contribution in [0.25, 0.3) is 5.69 Å². The predicted octanol–water partition coefficient (Wildman–Crippen LogP) is 6.56. The molecule has 0 aliphatic rings. The van der Waals surface area contributed by atoms with Crippen LogP contribution in [0.3, 0.4) is 0 Å². The molecule has 1 unspecified atom stereocenters. The molecule has 212 valence electrons. The van der Waals surface area contributed by atoms with E-state index >= 15 is 0 Å². The maximum absolute atomic E-state index is 13.7. The second-order valence-electron chi connectivity index (χ2n) is 10.3. The minimum absolute atomic E-state index is 0.124. The standard InChI is InChI=1S/C30H27F3N4O4/c1-29(2,3)26(41-28(34)40)20-12-8-14-22(16-20)37-23(17-24(36-37)30(31,32)33)27(39)35-21-13-7-11-19(15-21)25(38)18-9-5-4-6-10-18/h4-17,26H,1-3H3,(H2,34,40)(H,35,39). The Labute approximate surface area is 233 Å². The number of ether oxygens (including phenoxy) is 1. The third-order valence-corrected chi connectivity index (χ3v) is 6.09. The van der Waals surface area contributed by atoms with Gasteiger partial charge in [0.1, 0.15) is 11.8 Å². The molecule has 1 aromatic heterocycles. The molecular weight excluding hydrogens is 537 g/mol. The summed E-state index contributed by atoms with van der Waals surface area (Å²) in [7, 11) is 0. The van der Waals surface area contributed by atoms with Crippen LogP contribution in [0.4, 0.5) is 23.7 Å². The average molecular weight is 565 g/mol. The average Bonchev–Trinajstić information content (AvgIpc) is 3.38. The fourth-order valence-electron chi connectivity index (χ4n) is 4.25. The van der Waals surface area contributed by atoms with Crippen LogP contribution in [0.15, 0.2) is 84.9 Å². The van der Waals surface area contributed by atoms with Gasteiger partial charge in [-0.05, 0) is 29.8 Å². The first kappa shape index (κ1) is 29.1. The summed E-state index contributed by atoms with van der Waals surface area (Å²) in [6.45, 7) is 5.41. The number of nitrogens with one attached hydrogen (secondary N) is 1. The number of nitrogens with two attached hydrogens (primary N) is 1. The van der Waals surface area contributed by atoms with Gasteiger partial charge in [0.25, 0.3) is 5.91 Å². The fourth-order valence-corrected chi connectivity index (χ4v) is 4.25. The number of rotatable bonds is 7. The van der Waals surface area contributed by atoms with E-state index in [1.165, 1.54) is 24.3 Å². The number of benzene rings is 3. The summed E-state index contributed by atoms with van der Waals surface area (Å²) in [5, 5.41) is 6.23. The maximum Gasteiger partial charge on any atom is 0.435 e. The van der Waals surface area contributed by atoms with E-state index in [1.54, 1.807) is 75.4 Å². The normalized spacial score (nSPS) is 12.4. The zero-order valence-corrected chi connectivity index (χ0v) is 22.4. The van der Waals surface area contributed by atoms with Crippen molar-refractivity contribution in [2.24, 2.45) is 11.1 Å². The summed E-state index contributed by atoms with van der Waals surface area (Å²) >= 11 is 0. The Morgan fingerprint density at radius 3 is 2.17 bits per heavy atom. The van der Waals surface area contributed by atoms with Gasteiger partial charge in [-0.3, -0.25) is 9.59 Å². The van der Waals surface area contributed by atoms with E-state index in [9.17, 15) is 27.6 Å². The number of anilines is 1. The molecule has 0 saturated carbocycles. The highest BCUT2D eigenvalue weighted by Gasteiger charge is 2.36. The van der Waals surface area contributed by atoms with Gasteiger partial charge in [-0.2, -0.15) is 18.3 Å². The quantitative estimate of drug-likeness (QED) is 0.247. The molecule has 8 nitrogen and oxygen atoms in total. The van der Waals surface area contributed by atoms with Crippen LogP contribution in [-0.2, 0) is 10.9 Å². The van der Waals surface area contributed by atoms with Gasteiger partial charge in [0.15, 0.2) is 11.5 Å². The molecule has 0 aliphatic heterocycles. The van der Waals surface area contributed by atoms with Crippen LogP contribution in [0.5, 0.6) is 0 Å². The van der Waals surface area contributed by atoms with Gasteiger partial charge < -0.3 is 15.8 Å². The highest BCUT2D eigenvalue weighted by atomic mass is 19.4. The number of alkyl halides is 3. The number of amides is 2. The molecule has 1 heterocycles. The second kappa shape index (κ2) is 11.3. The summed E-state index contributed by atoms with van der Waals surface area (Å²) in [5.74, 6) is -1.17. The Balaban J connectivity index is 1.71. The van der Waals surface area contributed by atoms with Crippen molar-refractivity contribution >= 4 is 23.5 Å². The molecule has 3 aromatic carbocycles. The molecular formula is C30H27F3N4O4. The third kappa shape index (κ3) is 6.81. The minimum Gasteiger partial charge on any atom is -0.441 e. The SMILES string of the molecule is CC(C)(C)C(OC(N)=O)c1cccc(-n2nc(C(F)(F)F)cc2C(=O)Nc2cccc(C(=O)c3ccccc3)c2)c1. The van der Waals surface area contributed by atoms with Crippen LogP contribution >= 0.6 is 0 Å². The number of primary amides is 1. The molecule has 0 bridgehead atoms.